The summed E-state index contributed by atoms with van der Waals surface area (Å²) in [4.78, 5) is 12.3. The molecule has 1 aromatic heterocycles. The molecule has 7 nitrogen and oxygen atoms in total. The van der Waals surface area contributed by atoms with Crippen molar-refractivity contribution in [1.29, 1.82) is 0 Å². The summed E-state index contributed by atoms with van der Waals surface area (Å²) in [5.41, 5.74) is 2.01. The largest absolute Gasteiger partial charge is 0.487 e. The maximum absolute atomic E-state index is 13.0. The molecule has 0 saturated heterocycles. The Labute approximate surface area is 209 Å². The fraction of sp³-hybridized carbons (Fsp3) is 0.160. The number of urea groups is 1. The van der Waals surface area contributed by atoms with Crippen molar-refractivity contribution >= 4 is 29.0 Å². The standard InChI is InChI=1S/C25H21ClF3N5O2/c1-2-16-6-9-20(10-7-16)34-14-19(32-33-34)15-36-21-5-3-4-17(12-21)30-24(35)31-18-8-11-23(26)22(13-18)25(27,28)29/h3-14H,2,15H2,1H3,(H2,30,31,35). The van der Waals surface area contributed by atoms with Crippen LogP contribution in [0.3, 0.4) is 0 Å². The maximum atomic E-state index is 13.0. The number of aryl methyl sites for hydroxylation is 1. The minimum Gasteiger partial charge on any atom is -0.487 e. The Morgan fingerprint density at radius 3 is 2.44 bits per heavy atom. The van der Waals surface area contributed by atoms with Crippen LogP contribution in [0.1, 0.15) is 23.7 Å². The second-order valence-corrected chi connectivity index (χ2v) is 8.17. The van der Waals surface area contributed by atoms with Crippen LogP contribution in [-0.2, 0) is 19.2 Å². The zero-order valence-corrected chi connectivity index (χ0v) is 19.8. The second kappa shape index (κ2) is 10.7. The lowest BCUT2D eigenvalue weighted by Gasteiger charge is -2.13. The highest BCUT2D eigenvalue weighted by Gasteiger charge is 2.33. The zero-order valence-electron chi connectivity index (χ0n) is 19.0. The van der Waals surface area contributed by atoms with Crippen molar-refractivity contribution in [2.45, 2.75) is 26.1 Å². The zero-order chi connectivity index (χ0) is 25.7. The summed E-state index contributed by atoms with van der Waals surface area (Å²) in [5.74, 6) is 0.459. The van der Waals surface area contributed by atoms with Crippen LogP contribution < -0.4 is 15.4 Å². The Balaban J connectivity index is 1.35. The van der Waals surface area contributed by atoms with Gasteiger partial charge in [-0.1, -0.05) is 41.9 Å². The summed E-state index contributed by atoms with van der Waals surface area (Å²) in [5, 5.41) is 12.7. The minimum absolute atomic E-state index is 0.0518. The molecular weight excluding hydrogens is 495 g/mol. The predicted molar refractivity (Wildman–Crippen MR) is 131 cm³/mol. The van der Waals surface area contributed by atoms with Crippen LogP contribution in [0.5, 0.6) is 5.75 Å². The smallest absolute Gasteiger partial charge is 0.417 e. The Bertz CT molecular complexity index is 1360. The molecule has 3 aromatic carbocycles. The first-order chi connectivity index (χ1) is 17.2. The van der Waals surface area contributed by atoms with E-state index in [0.29, 0.717) is 17.1 Å². The van der Waals surface area contributed by atoms with E-state index in [2.05, 4.69) is 27.9 Å². The Hall–Kier alpha value is -4.05. The van der Waals surface area contributed by atoms with Gasteiger partial charge < -0.3 is 15.4 Å². The third kappa shape index (κ3) is 6.33. The van der Waals surface area contributed by atoms with Gasteiger partial charge in [-0.25, -0.2) is 9.48 Å². The molecule has 186 valence electrons. The molecule has 36 heavy (non-hydrogen) atoms. The number of alkyl halides is 3. The number of carbonyl (C=O) groups excluding carboxylic acids is 1. The van der Waals surface area contributed by atoms with E-state index in [4.69, 9.17) is 16.3 Å². The molecule has 0 unspecified atom stereocenters. The van der Waals surface area contributed by atoms with E-state index in [1.807, 2.05) is 24.3 Å². The van der Waals surface area contributed by atoms with Crippen LogP contribution >= 0.6 is 11.6 Å². The van der Waals surface area contributed by atoms with Crippen LogP contribution in [-0.4, -0.2) is 21.0 Å². The van der Waals surface area contributed by atoms with Gasteiger partial charge in [0.1, 0.15) is 18.1 Å². The lowest BCUT2D eigenvalue weighted by Crippen LogP contribution is -2.20. The third-order valence-corrected chi connectivity index (χ3v) is 5.49. The fourth-order valence-corrected chi connectivity index (χ4v) is 3.53. The molecule has 0 aliphatic rings. The molecule has 0 fully saturated rings. The van der Waals surface area contributed by atoms with Gasteiger partial charge in [0, 0.05) is 17.4 Å². The monoisotopic (exact) mass is 515 g/mol. The number of hydrogen-bond donors (Lipinski definition) is 2. The molecule has 0 bridgehead atoms. The number of anilines is 2. The molecule has 0 saturated carbocycles. The first-order valence-corrected chi connectivity index (χ1v) is 11.3. The van der Waals surface area contributed by atoms with Crippen LogP contribution in [0, 0.1) is 0 Å². The fourth-order valence-electron chi connectivity index (χ4n) is 3.31. The molecule has 0 atom stereocenters. The van der Waals surface area contributed by atoms with Gasteiger partial charge in [-0.2, -0.15) is 13.2 Å². The number of rotatable bonds is 7. The number of nitrogens with zero attached hydrogens (tertiary/aromatic N) is 3. The molecule has 0 spiro atoms. The van der Waals surface area contributed by atoms with Crippen molar-refractivity contribution in [3.8, 4) is 11.4 Å². The van der Waals surface area contributed by atoms with E-state index in [1.165, 1.54) is 11.6 Å². The molecule has 2 amide bonds. The van der Waals surface area contributed by atoms with Gasteiger partial charge in [0.2, 0.25) is 0 Å². The van der Waals surface area contributed by atoms with Crippen molar-refractivity contribution < 1.29 is 22.7 Å². The van der Waals surface area contributed by atoms with Gasteiger partial charge in [0.15, 0.2) is 0 Å². The summed E-state index contributed by atoms with van der Waals surface area (Å²) >= 11 is 5.61. The van der Waals surface area contributed by atoms with E-state index < -0.39 is 22.8 Å². The van der Waals surface area contributed by atoms with Gasteiger partial charge in [0.25, 0.3) is 0 Å². The highest BCUT2D eigenvalue weighted by atomic mass is 35.5. The molecular formula is C25H21ClF3N5O2. The average molecular weight is 516 g/mol. The van der Waals surface area contributed by atoms with Gasteiger partial charge >= 0.3 is 12.2 Å². The highest BCUT2D eigenvalue weighted by molar-refractivity contribution is 6.31. The predicted octanol–water partition coefficient (Wildman–Crippen LogP) is 6.72. The number of carbonyl (C=O) groups is 1. The minimum atomic E-state index is -4.64. The van der Waals surface area contributed by atoms with Crippen LogP contribution in [0.4, 0.5) is 29.3 Å². The number of hydrogen-bond acceptors (Lipinski definition) is 4. The molecule has 4 rings (SSSR count). The van der Waals surface area contributed by atoms with Crippen molar-refractivity contribution in [2.24, 2.45) is 0 Å². The van der Waals surface area contributed by atoms with Crippen LogP contribution in [0.2, 0.25) is 5.02 Å². The van der Waals surface area contributed by atoms with Gasteiger partial charge in [0.05, 0.1) is 22.5 Å². The van der Waals surface area contributed by atoms with E-state index in [9.17, 15) is 18.0 Å². The van der Waals surface area contributed by atoms with Crippen molar-refractivity contribution in [3.63, 3.8) is 0 Å². The van der Waals surface area contributed by atoms with E-state index in [1.54, 1.807) is 35.1 Å². The topological polar surface area (TPSA) is 81.1 Å². The van der Waals surface area contributed by atoms with Gasteiger partial charge in [-0.05, 0) is 54.4 Å². The molecule has 11 heteroatoms. The molecule has 0 radical (unpaired) electrons. The summed E-state index contributed by atoms with van der Waals surface area (Å²) in [6, 6.07) is 17.0. The summed E-state index contributed by atoms with van der Waals surface area (Å²) in [6.07, 6.45) is -1.92. The normalized spacial score (nSPS) is 11.2. The van der Waals surface area contributed by atoms with Gasteiger partial charge in [-0.3, -0.25) is 0 Å². The molecule has 0 aliphatic carbocycles. The van der Waals surface area contributed by atoms with Gasteiger partial charge in [-0.15, -0.1) is 5.10 Å². The number of nitrogens with one attached hydrogen (secondary N) is 2. The summed E-state index contributed by atoms with van der Waals surface area (Å²) in [6.45, 7) is 2.23. The highest BCUT2D eigenvalue weighted by Crippen LogP contribution is 2.36. The van der Waals surface area contributed by atoms with Crippen LogP contribution in [0.25, 0.3) is 5.69 Å². The first kappa shape index (κ1) is 25.1. The summed E-state index contributed by atoms with van der Waals surface area (Å²) < 4.78 is 46.5. The number of ether oxygens (including phenoxy) is 1. The number of aromatic nitrogens is 3. The van der Waals surface area contributed by atoms with Crippen molar-refractivity contribution in [3.05, 3.63) is 94.8 Å². The Morgan fingerprint density at radius 1 is 1.03 bits per heavy atom. The molecule has 2 N–H and O–H groups in total. The maximum Gasteiger partial charge on any atom is 0.417 e. The van der Waals surface area contributed by atoms with Crippen molar-refractivity contribution in [2.75, 3.05) is 10.6 Å². The second-order valence-electron chi connectivity index (χ2n) is 7.76. The average Bonchev–Trinajstić information content (AvgIpc) is 3.33. The SMILES string of the molecule is CCc1ccc(-n2cc(COc3cccc(NC(=O)Nc4ccc(Cl)c(C(F)(F)F)c4)c3)nn2)cc1. The quantitative estimate of drug-likeness (QED) is 0.286. The molecule has 0 aliphatic heterocycles. The number of halogens is 4. The molecule has 4 aromatic rings. The summed E-state index contributed by atoms with van der Waals surface area (Å²) in [7, 11) is 0. The van der Waals surface area contributed by atoms with E-state index >= 15 is 0 Å². The van der Waals surface area contributed by atoms with Crippen LogP contribution in [0.15, 0.2) is 72.9 Å². The first-order valence-electron chi connectivity index (χ1n) is 10.9. The lowest BCUT2D eigenvalue weighted by molar-refractivity contribution is -0.137. The number of benzene rings is 3. The molecule has 1 heterocycles. The third-order valence-electron chi connectivity index (χ3n) is 5.16. The Kier molecular flexibility index (Phi) is 7.44. The van der Waals surface area contributed by atoms with Crippen molar-refractivity contribution in [1.82, 2.24) is 15.0 Å². The van der Waals surface area contributed by atoms with E-state index in [0.717, 1.165) is 24.2 Å². The number of amides is 2. The van der Waals surface area contributed by atoms with E-state index in [-0.39, 0.29) is 12.3 Å². The lowest BCUT2D eigenvalue weighted by atomic mass is 10.1. The Morgan fingerprint density at radius 2 is 1.75 bits per heavy atom.